The minimum Gasteiger partial charge on any atom is -0.453 e. The largest absolute Gasteiger partial charge is 0.453 e. The van der Waals surface area contributed by atoms with Crippen LogP contribution in [-0.4, -0.2) is 25.9 Å². The third kappa shape index (κ3) is 4.34. The number of ether oxygens (including phenoxy) is 1. The number of hydrogen-bond donors (Lipinski definition) is 0. The molecular weight excluding hydrogens is 485 g/mol. The van der Waals surface area contributed by atoms with Gasteiger partial charge in [-0.2, -0.15) is 0 Å². The molecule has 0 amide bonds. The molecule has 2 aromatic rings. The molecule has 3 rings (SSSR count). The number of hydrogen-bond acceptors (Lipinski definition) is 5. The van der Waals surface area contributed by atoms with E-state index in [1.807, 2.05) is 50.2 Å². The van der Waals surface area contributed by atoms with Crippen molar-refractivity contribution in [3.63, 3.8) is 0 Å². The second-order valence-electron chi connectivity index (χ2n) is 5.65. The van der Waals surface area contributed by atoms with E-state index in [1.54, 1.807) is 0 Å². The highest BCUT2D eigenvalue weighted by molar-refractivity contribution is 9.10. The Balaban J connectivity index is 1.94. The lowest BCUT2D eigenvalue weighted by Crippen LogP contribution is -2.25. The number of nitrogens with zero attached hydrogens (tertiary/aromatic N) is 1. The van der Waals surface area contributed by atoms with E-state index >= 15 is 0 Å². The molecular formula is C18H20Br2NO4P. The molecule has 0 aromatic heterocycles. The van der Waals surface area contributed by atoms with Gasteiger partial charge in [0.1, 0.15) is 0 Å². The van der Waals surface area contributed by atoms with E-state index in [2.05, 4.69) is 36.8 Å². The van der Waals surface area contributed by atoms with Crippen LogP contribution in [0, 0.1) is 0 Å². The van der Waals surface area contributed by atoms with Crippen molar-refractivity contribution in [1.82, 2.24) is 0 Å². The highest BCUT2D eigenvalue weighted by Crippen LogP contribution is 2.51. The summed E-state index contributed by atoms with van der Waals surface area (Å²) < 4.78 is 31.7. The van der Waals surface area contributed by atoms with Crippen molar-refractivity contribution in [2.75, 3.05) is 30.8 Å². The maximum atomic E-state index is 12.9. The molecule has 0 unspecified atom stereocenters. The topological polar surface area (TPSA) is 48.0 Å². The quantitative estimate of drug-likeness (QED) is 0.391. The van der Waals surface area contributed by atoms with Gasteiger partial charge in [0.05, 0.1) is 30.8 Å². The van der Waals surface area contributed by atoms with Crippen LogP contribution in [0.4, 0.5) is 11.4 Å². The van der Waals surface area contributed by atoms with Gasteiger partial charge in [0.2, 0.25) is 0 Å². The lowest BCUT2D eigenvalue weighted by molar-refractivity contribution is 0.220. The highest BCUT2D eigenvalue weighted by Gasteiger charge is 2.29. The maximum Gasteiger partial charge on any atom is 0.332 e. The molecule has 26 heavy (non-hydrogen) atoms. The first kappa shape index (κ1) is 19.9. The second-order valence-corrected chi connectivity index (χ2v) is 9.66. The Bertz CT molecular complexity index is 784. The van der Waals surface area contributed by atoms with Crippen molar-refractivity contribution in [1.29, 1.82) is 0 Å². The summed E-state index contributed by atoms with van der Waals surface area (Å²) in [5.41, 5.74) is 1.84. The predicted octanol–water partition coefficient (Wildman–Crippen LogP) is 6.72. The zero-order valence-corrected chi connectivity index (χ0v) is 18.6. The Labute approximate surface area is 170 Å². The summed E-state index contributed by atoms with van der Waals surface area (Å²) in [6.45, 7) is 4.84. The molecule has 0 atom stereocenters. The Morgan fingerprint density at radius 3 is 1.92 bits per heavy atom. The number of halogens is 2. The third-order valence-electron chi connectivity index (χ3n) is 3.89. The van der Waals surface area contributed by atoms with E-state index in [0.717, 1.165) is 31.8 Å². The standard InChI is InChI=1S/C18H20Br2NO4P/c1-3-23-26(22,24-4-2)10-9-21-15-7-5-13(19)11-17(15)25-18-12-14(20)6-8-16(18)21/h5-8,11-12H,3-4,9-10H2,1-2H3. The monoisotopic (exact) mass is 503 g/mol. The van der Waals surface area contributed by atoms with E-state index in [-0.39, 0.29) is 0 Å². The SMILES string of the molecule is CCOP(=O)(CCN1c2ccc(Br)cc2Oc2cc(Br)ccc21)OCC. The minimum absolute atomic E-state index is 0.291. The molecule has 0 radical (unpaired) electrons. The van der Waals surface area contributed by atoms with Crippen molar-refractivity contribution >= 4 is 50.8 Å². The first-order chi connectivity index (χ1) is 12.5. The van der Waals surface area contributed by atoms with Gasteiger partial charge in [0.25, 0.3) is 0 Å². The first-order valence-electron chi connectivity index (χ1n) is 8.38. The van der Waals surface area contributed by atoms with Crippen molar-refractivity contribution in [3.05, 3.63) is 45.3 Å². The summed E-state index contributed by atoms with van der Waals surface area (Å²) in [6.07, 6.45) is 0.291. The summed E-state index contributed by atoms with van der Waals surface area (Å²) >= 11 is 6.97. The van der Waals surface area contributed by atoms with Crippen LogP contribution >= 0.6 is 39.5 Å². The predicted molar refractivity (Wildman–Crippen MR) is 111 cm³/mol. The summed E-state index contributed by atoms with van der Waals surface area (Å²) in [5.74, 6) is 1.49. The van der Waals surface area contributed by atoms with Gasteiger partial charge >= 0.3 is 7.60 Å². The fourth-order valence-corrected chi connectivity index (χ4v) is 5.10. The van der Waals surface area contributed by atoms with Gasteiger partial charge in [0.15, 0.2) is 11.5 Å². The van der Waals surface area contributed by atoms with Crippen LogP contribution in [-0.2, 0) is 13.6 Å². The van der Waals surface area contributed by atoms with Crippen LogP contribution in [0.15, 0.2) is 45.3 Å². The number of benzene rings is 2. The van der Waals surface area contributed by atoms with Gasteiger partial charge in [-0.3, -0.25) is 4.57 Å². The van der Waals surface area contributed by atoms with Gasteiger partial charge in [0, 0.05) is 15.5 Å². The summed E-state index contributed by atoms with van der Waals surface area (Å²) in [4.78, 5) is 2.09. The molecule has 8 heteroatoms. The van der Waals surface area contributed by atoms with Crippen molar-refractivity contribution in [2.24, 2.45) is 0 Å². The lowest BCUT2D eigenvalue weighted by atomic mass is 10.1. The molecule has 2 aromatic carbocycles. The highest BCUT2D eigenvalue weighted by atomic mass is 79.9. The van der Waals surface area contributed by atoms with E-state index in [0.29, 0.717) is 25.9 Å². The van der Waals surface area contributed by atoms with Crippen LogP contribution in [0.1, 0.15) is 13.8 Å². The molecule has 5 nitrogen and oxygen atoms in total. The van der Waals surface area contributed by atoms with Crippen LogP contribution < -0.4 is 9.64 Å². The molecule has 0 N–H and O–H groups in total. The summed E-state index contributed by atoms with van der Waals surface area (Å²) in [7, 11) is -3.13. The number of anilines is 2. The average Bonchev–Trinajstić information content (AvgIpc) is 2.58. The normalized spacial score (nSPS) is 13.2. The summed E-state index contributed by atoms with van der Waals surface area (Å²) in [6, 6.07) is 11.7. The van der Waals surface area contributed by atoms with E-state index in [1.165, 1.54) is 0 Å². The van der Waals surface area contributed by atoms with Gasteiger partial charge < -0.3 is 18.7 Å². The van der Waals surface area contributed by atoms with E-state index < -0.39 is 7.60 Å². The zero-order chi connectivity index (χ0) is 18.7. The smallest absolute Gasteiger partial charge is 0.332 e. The van der Waals surface area contributed by atoms with Gasteiger partial charge in [-0.05, 0) is 50.2 Å². The second kappa shape index (κ2) is 8.44. The summed E-state index contributed by atoms with van der Waals surface area (Å²) in [5, 5.41) is 0. The van der Waals surface area contributed by atoms with E-state index in [4.69, 9.17) is 13.8 Å². The van der Waals surface area contributed by atoms with E-state index in [9.17, 15) is 4.57 Å². The minimum atomic E-state index is -3.13. The zero-order valence-electron chi connectivity index (χ0n) is 14.6. The molecule has 0 aliphatic carbocycles. The molecule has 1 heterocycles. The third-order valence-corrected chi connectivity index (χ3v) is 6.93. The fraction of sp³-hybridized carbons (Fsp3) is 0.333. The number of fused-ring (bicyclic) bond motifs is 2. The van der Waals surface area contributed by atoms with Crippen molar-refractivity contribution < 1.29 is 18.3 Å². The molecule has 0 saturated carbocycles. The lowest BCUT2D eigenvalue weighted by Gasteiger charge is -2.33. The van der Waals surface area contributed by atoms with Crippen LogP contribution in [0.2, 0.25) is 0 Å². The first-order valence-corrected chi connectivity index (χ1v) is 11.7. The van der Waals surface area contributed by atoms with Crippen LogP contribution in [0.25, 0.3) is 0 Å². The Morgan fingerprint density at radius 1 is 0.962 bits per heavy atom. The van der Waals surface area contributed by atoms with Gasteiger partial charge in [-0.15, -0.1) is 0 Å². The Morgan fingerprint density at radius 2 is 1.46 bits per heavy atom. The average molecular weight is 505 g/mol. The number of rotatable bonds is 7. The molecule has 0 spiro atoms. The van der Waals surface area contributed by atoms with Crippen LogP contribution in [0.5, 0.6) is 11.5 Å². The molecule has 0 bridgehead atoms. The molecule has 0 fully saturated rings. The Kier molecular flexibility index (Phi) is 6.46. The molecule has 1 aliphatic heterocycles. The molecule has 0 saturated heterocycles. The van der Waals surface area contributed by atoms with Gasteiger partial charge in [-0.25, -0.2) is 0 Å². The van der Waals surface area contributed by atoms with Crippen LogP contribution in [0.3, 0.4) is 0 Å². The molecule has 1 aliphatic rings. The maximum absolute atomic E-state index is 12.9. The fourth-order valence-electron chi connectivity index (χ4n) is 2.86. The molecule has 140 valence electrons. The van der Waals surface area contributed by atoms with Crippen molar-refractivity contribution in [3.8, 4) is 11.5 Å². The van der Waals surface area contributed by atoms with Crippen molar-refractivity contribution in [2.45, 2.75) is 13.8 Å². The van der Waals surface area contributed by atoms with Gasteiger partial charge in [-0.1, -0.05) is 31.9 Å². The Hall–Kier alpha value is -0.850.